The molecule has 0 aliphatic carbocycles. The van der Waals surface area contributed by atoms with Crippen LogP contribution >= 0.6 is 0 Å². The first kappa shape index (κ1) is 22.6. The van der Waals surface area contributed by atoms with Crippen molar-refractivity contribution in [3.8, 4) is 11.4 Å². The molecule has 3 heterocycles. The molecular formula is C27H25N3O5. The van der Waals surface area contributed by atoms with E-state index in [2.05, 4.69) is 15.5 Å². The minimum atomic E-state index is -0.429. The van der Waals surface area contributed by atoms with E-state index in [9.17, 15) is 9.59 Å². The molecule has 8 nitrogen and oxygen atoms in total. The lowest BCUT2D eigenvalue weighted by Gasteiger charge is -2.08. The number of hydrogen-bond donors (Lipinski definition) is 1. The third-order valence-corrected chi connectivity index (χ3v) is 6.35. The Balaban J connectivity index is 1.22. The quantitative estimate of drug-likeness (QED) is 0.339. The zero-order chi connectivity index (χ0) is 24.5. The first-order chi connectivity index (χ1) is 16.9. The predicted octanol–water partition coefficient (Wildman–Crippen LogP) is 4.81. The monoisotopic (exact) mass is 471 g/mol. The Morgan fingerprint density at radius 1 is 0.943 bits per heavy atom. The van der Waals surface area contributed by atoms with Crippen molar-refractivity contribution in [3.05, 3.63) is 81.2 Å². The zero-order valence-corrected chi connectivity index (χ0v) is 19.8. The van der Waals surface area contributed by atoms with Gasteiger partial charge in [0, 0.05) is 47.4 Å². The molecule has 0 unspecified atom stereocenters. The SMILES string of the molecule is Cc1oc2cc3oc(=O)c(CCC(=O)NCCc4nc(-c5ccccc5)no4)c(C)c3cc2c1C. The largest absolute Gasteiger partial charge is 0.461 e. The molecule has 0 radical (unpaired) electrons. The fourth-order valence-electron chi connectivity index (χ4n) is 4.21. The molecule has 0 aliphatic heterocycles. The molecule has 5 rings (SSSR count). The number of hydrogen-bond acceptors (Lipinski definition) is 7. The maximum absolute atomic E-state index is 12.6. The van der Waals surface area contributed by atoms with Crippen LogP contribution in [-0.2, 0) is 17.6 Å². The van der Waals surface area contributed by atoms with E-state index in [-0.39, 0.29) is 18.7 Å². The van der Waals surface area contributed by atoms with Crippen LogP contribution in [0.3, 0.4) is 0 Å². The molecular weight excluding hydrogens is 446 g/mol. The first-order valence-corrected chi connectivity index (χ1v) is 11.5. The number of furan rings is 1. The second-order valence-electron chi connectivity index (χ2n) is 8.60. The molecule has 5 aromatic rings. The molecule has 3 aromatic heterocycles. The van der Waals surface area contributed by atoms with E-state index in [1.165, 1.54) is 0 Å². The normalized spacial score (nSPS) is 11.4. The highest BCUT2D eigenvalue weighted by Gasteiger charge is 2.16. The number of aryl methyl sites for hydroxylation is 3. The lowest BCUT2D eigenvalue weighted by Crippen LogP contribution is -2.26. The second-order valence-corrected chi connectivity index (χ2v) is 8.60. The molecule has 0 atom stereocenters. The van der Waals surface area contributed by atoms with Gasteiger partial charge in [-0.3, -0.25) is 4.79 Å². The Bertz CT molecular complexity index is 1590. The van der Waals surface area contributed by atoms with E-state index in [4.69, 9.17) is 13.4 Å². The van der Waals surface area contributed by atoms with Gasteiger partial charge in [-0.1, -0.05) is 35.5 Å². The summed E-state index contributed by atoms with van der Waals surface area (Å²) < 4.78 is 16.6. The van der Waals surface area contributed by atoms with Crippen LogP contribution in [0.15, 0.2) is 60.6 Å². The van der Waals surface area contributed by atoms with Gasteiger partial charge in [0.25, 0.3) is 0 Å². The van der Waals surface area contributed by atoms with E-state index in [0.29, 0.717) is 41.4 Å². The highest BCUT2D eigenvalue weighted by Crippen LogP contribution is 2.31. The van der Waals surface area contributed by atoms with Gasteiger partial charge >= 0.3 is 5.63 Å². The van der Waals surface area contributed by atoms with Gasteiger partial charge < -0.3 is 18.7 Å². The molecule has 0 spiro atoms. The molecule has 35 heavy (non-hydrogen) atoms. The van der Waals surface area contributed by atoms with Crippen LogP contribution in [-0.4, -0.2) is 22.6 Å². The van der Waals surface area contributed by atoms with E-state index in [1.807, 2.05) is 57.2 Å². The van der Waals surface area contributed by atoms with Gasteiger partial charge in [0.2, 0.25) is 17.6 Å². The standard InChI is InChI=1S/C27H25N3O5/c1-15-17(3)33-22-14-23-21(13-20(15)22)16(2)19(27(32)34-23)9-10-24(31)28-12-11-25-29-26(30-35-25)18-7-5-4-6-8-18/h4-8,13-14H,9-12H2,1-3H3,(H,28,31). The lowest BCUT2D eigenvalue weighted by molar-refractivity contribution is -0.121. The van der Waals surface area contributed by atoms with E-state index in [0.717, 1.165) is 33.2 Å². The Kier molecular flexibility index (Phi) is 5.94. The van der Waals surface area contributed by atoms with Gasteiger partial charge in [-0.15, -0.1) is 0 Å². The topological polar surface area (TPSA) is 111 Å². The molecule has 1 N–H and O–H groups in total. The van der Waals surface area contributed by atoms with Gasteiger partial charge in [0.1, 0.15) is 16.9 Å². The van der Waals surface area contributed by atoms with Gasteiger partial charge in [-0.25, -0.2) is 4.79 Å². The van der Waals surface area contributed by atoms with Crippen molar-refractivity contribution in [3.63, 3.8) is 0 Å². The summed E-state index contributed by atoms with van der Waals surface area (Å²) in [6.07, 6.45) is 0.876. The number of amides is 1. The van der Waals surface area contributed by atoms with Crippen LogP contribution in [0.25, 0.3) is 33.3 Å². The average Bonchev–Trinajstić information content (AvgIpc) is 3.43. The maximum Gasteiger partial charge on any atom is 0.339 e. The van der Waals surface area contributed by atoms with E-state index >= 15 is 0 Å². The number of carbonyl (C=O) groups excluding carboxylic acids is 1. The van der Waals surface area contributed by atoms with Crippen LogP contribution in [0.4, 0.5) is 0 Å². The van der Waals surface area contributed by atoms with Gasteiger partial charge in [0.15, 0.2) is 0 Å². The van der Waals surface area contributed by atoms with Gasteiger partial charge in [0.05, 0.1) is 0 Å². The molecule has 0 aliphatic rings. The molecule has 0 bridgehead atoms. The summed E-state index contributed by atoms with van der Waals surface area (Å²) in [5.41, 5.74) is 4.01. The number of aromatic nitrogens is 2. The van der Waals surface area contributed by atoms with Crippen molar-refractivity contribution < 1.29 is 18.2 Å². The molecule has 1 amide bonds. The summed E-state index contributed by atoms with van der Waals surface area (Å²) in [6, 6.07) is 13.3. The highest BCUT2D eigenvalue weighted by atomic mass is 16.5. The summed E-state index contributed by atoms with van der Waals surface area (Å²) in [7, 11) is 0. The summed E-state index contributed by atoms with van der Waals surface area (Å²) in [4.78, 5) is 29.4. The van der Waals surface area contributed by atoms with Crippen molar-refractivity contribution in [1.82, 2.24) is 15.5 Å². The van der Waals surface area contributed by atoms with Crippen LogP contribution in [0, 0.1) is 20.8 Å². The minimum absolute atomic E-state index is 0.163. The van der Waals surface area contributed by atoms with Crippen LogP contribution < -0.4 is 10.9 Å². The van der Waals surface area contributed by atoms with Crippen molar-refractivity contribution in [2.24, 2.45) is 0 Å². The Hall–Kier alpha value is -4.20. The maximum atomic E-state index is 12.6. The minimum Gasteiger partial charge on any atom is -0.461 e. The molecule has 178 valence electrons. The third kappa shape index (κ3) is 4.47. The van der Waals surface area contributed by atoms with Crippen molar-refractivity contribution in [2.75, 3.05) is 6.54 Å². The number of fused-ring (bicyclic) bond motifs is 2. The first-order valence-electron chi connectivity index (χ1n) is 11.5. The van der Waals surface area contributed by atoms with Crippen molar-refractivity contribution >= 4 is 27.8 Å². The van der Waals surface area contributed by atoms with Crippen LogP contribution in [0.1, 0.15) is 34.8 Å². The number of rotatable bonds is 7. The molecule has 0 saturated heterocycles. The Morgan fingerprint density at radius 3 is 2.49 bits per heavy atom. The summed E-state index contributed by atoms with van der Waals surface area (Å²) in [6.45, 7) is 6.16. The summed E-state index contributed by atoms with van der Waals surface area (Å²) in [5, 5.41) is 8.67. The Labute approximate surface area is 200 Å². The van der Waals surface area contributed by atoms with Crippen LogP contribution in [0.2, 0.25) is 0 Å². The van der Waals surface area contributed by atoms with Crippen LogP contribution in [0.5, 0.6) is 0 Å². The fourth-order valence-corrected chi connectivity index (χ4v) is 4.21. The van der Waals surface area contributed by atoms with E-state index in [1.54, 1.807) is 6.07 Å². The molecule has 0 saturated carbocycles. The van der Waals surface area contributed by atoms with Gasteiger partial charge in [-0.05, 0) is 44.4 Å². The fraction of sp³-hybridized carbons (Fsp3) is 0.259. The predicted molar refractivity (Wildman–Crippen MR) is 131 cm³/mol. The second kappa shape index (κ2) is 9.21. The molecule has 2 aromatic carbocycles. The molecule has 8 heteroatoms. The highest BCUT2D eigenvalue weighted by molar-refractivity contribution is 5.96. The number of nitrogens with one attached hydrogen (secondary N) is 1. The summed E-state index contributed by atoms with van der Waals surface area (Å²) >= 11 is 0. The number of nitrogens with zero attached hydrogens (tertiary/aromatic N) is 2. The van der Waals surface area contributed by atoms with E-state index < -0.39 is 5.63 Å². The smallest absolute Gasteiger partial charge is 0.339 e. The summed E-state index contributed by atoms with van der Waals surface area (Å²) in [5.74, 6) is 1.64. The average molecular weight is 472 g/mol. The Morgan fingerprint density at radius 2 is 1.69 bits per heavy atom. The third-order valence-electron chi connectivity index (χ3n) is 6.35. The number of benzene rings is 2. The lowest BCUT2D eigenvalue weighted by atomic mass is 10.0. The van der Waals surface area contributed by atoms with Gasteiger partial charge in [-0.2, -0.15) is 4.98 Å². The molecule has 0 fully saturated rings. The van der Waals surface area contributed by atoms with Crippen molar-refractivity contribution in [1.29, 1.82) is 0 Å². The number of carbonyl (C=O) groups is 1. The van der Waals surface area contributed by atoms with Crippen molar-refractivity contribution in [2.45, 2.75) is 40.0 Å². The zero-order valence-electron chi connectivity index (χ0n) is 19.8.